The second-order valence-corrected chi connectivity index (χ2v) is 5.40. The topological polar surface area (TPSA) is 26.0 Å². The average Bonchev–Trinajstić information content (AvgIpc) is 2.54. The molecule has 0 saturated heterocycles. The lowest BCUT2D eigenvalue weighted by molar-refractivity contribution is 0.981. The normalized spacial score (nSPS) is 10.8. The molecular formula is C19H16ClN. The number of hydrogen-bond donors (Lipinski definition) is 1. The average molecular weight is 294 g/mol. The van der Waals surface area contributed by atoms with Crippen LogP contribution in [0.1, 0.15) is 22.6 Å². The molecule has 0 atom stereocenters. The van der Waals surface area contributed by atoms with Crippen molar-refractivity contribution in [1.29, 1.82) is 0 Å². The highest BCUT2D eigenvalue weighted by Crippen LogP contribution is 2.37. The van der Waals surface area contributed by atoms with Crippen molar-refractivity contribution in [2.45, 2.75) is 5.92 Å². The molecule has 0 heterocycles. The number of nitrogens with two attached hydrogens (primary N) is 1. The van der Waals surface area contributed by atoms with Crippen LogP contribution >= 0.6 is 11.6 Å². The SMILES string of the molecule is Nc1c(Cl)cccc1C(c1ccccc1)c1ccccc1. The van der Waals surface area contributed by atoms with Crippen LogP contribution in [0.25, 0.3) is 0 Å². The smallest absolute Gasteiger partial charge is 0.0638 e. The summed E-state index contributed by atoms with van der Waals surface area (Å²) in [5.74, 6) is 0.0890. The molecule has 104 valence electrons. The van der Waals surface area contributed by atoms with Crippen molar-refractivity contribution in [2.75, 3.05) is 5.73 Å². The number of nitrogen functional groups attached to an aromatic ring is 1. The maximum Gasteiger partial charge on any atom is 0.0638 e. The van der Waals surface area contributed by atoms with Crippen LogP contribution in [0.3, 0.4) is 0 Å². The van der Waals surface area contributed by atoms with Gasteiger partial charge < -0.3 is 5.73 Å². The summed E-state index contributed by atoms with van der Waals surface area (Å²) >= 11 is 6.21. The summed E-state index contributed by atoms with van der Waals surface area (Å²) < 4.78 is 0. The van der Waals surface area contributed by atoms with E-state index in [4.69, 9.17) is 17.3 Å². The van der Waals surface area contributed by atoms with Gasteiger partial charge in [0.1, 0.15) is 0 Å². The summed E-state index contributed by atoms with van der Waals surface area (Å²) in [5.41, 5.74) is 10.3. The van der Waals surface area contributed by atoms with E-state index in [2.05, 4.69) is 24.3 Å². The summed E-state index contributed by atoms with van der Waals surface area (Å²) in [7, 11) is 0. The van der Waals surface area contributed by atoms with Crippen molar-refractivity contribution in [3.8, 4) is 0 Å². The largest absolute Gasteiger partial charge is 0.397 e. The van der Waals surface area contributed by atoms with Crippen molar-refractivity contribution in [2.24, 2.45) is 0 Å². The van der Waals surface area contributed by atoms with Gasteiger partial charge in [0, 0.05) is 5.92 Å². The first-order chi connectivity index (χ1) is 10.3. The Morgan fingerprint density at radius 1 is 0.667 bits per heavy atom. The molecule has 0 aromatic heterocycles. The second-order valence-electron chi connectivity index (χ2n) is 5.00. The Kier molecular flexibility index (Phi) is 3.94. The van der Waals surface area contributed by atoms with Gasteiger partial charge in [0.05, 0.1) is 10.7 Å². The number of benzene rings is 3. The number of para-hydroxylation sites is 1. The highest BCUT2D eigenvalue weighted by atomic mass is 35.5. The van der Waals surface area contributed by atoms with Gasteiger partial charge in [-0.2, -0.15) is 0 Å². The second kappa shape index (κ2) is 6.02. The van der Waals surface area contributed by atoms with Gasteiger partial charge in [-0.1, -0.05) is 84.4 Å². The molecule has 0 unspecified atom stereocenters. The molecular weight excluding hydrogens is 278 g/mol. The van der Waals surface area contributed by atoms with Crippen LogP contribution in [0.15, 0.2) is 78.9 Å². The van der Waals surface area contributed by atoms with Gasteiger partial charge in [-0.3, -0.25) is 0 Å². The van der Waals surface area contributed by atoms with Crippen LogP contribution < -0.4 is 5.73 Å². The highest BCUT2D eigenvalue weighted by molar-refractivity contribution is 6.33. The van der Waals surface area contributed by atoms with E-state index in [0.717, 1.165) is 5.56 Å². The lowest BCUT2D eigenvalue weighted by atomic mass is 9.84. The van der Waals surface area contributed by atoms with Crippen molar-refractivity contribution in [3.63, 3.8) is 0 Å². The van der Waals surface area contributed by atoms with Gasteiger partial charge >= 0.3 is 0 Å². The Balaban J connectivity index is 2.20. The van der Waals surface area contributed by atoms with Gasteiger partial charge in [-0.05, 0) is 22.8 Å². The molecule has 0 fully saturated rings. The summed E-state index contributed by atoms with van der Waals surface area (Å²) in [6, 6.07) is 26.5. The zero-order chi connectivity index (χ0) is 14.7. The van der Waals surface area contributed by atoms with E-state index in [0.29, 0.717) is 10.7 Å². The molecule has 0 aliphatic rings. The summed E-state index contributed by atoms with van der Waals surface area (Å²) in [6.45, 7) is 0. The fourth-order valence-corrected chi connectivity index (χ4v) is 2.83. The highest BCUT2D eigenvalue weighted by Gasteiger charge is 2.19. The molecule has 0 aliphatic carbocycles. The van der Waals surface area contributed by atoms with E-state index >= 15 is 0 Å². The minimum atomic E-state index is 0.0890. The van der Waals surface area contributed by atoms with Crippen LogP contribution in [-0.4, -0.2) is 0 Å². The Bertz CT molecular complexity index is 684. The minimum absolute atomic E-state index is 0.0890. The van der Waals surface area contributed by atoms with Crippen LogP contribution in [0, 0.1) is 0 Å². The van der Waals surface area contributed by atoms with Crippen molar-refractivity contribution >= 4 is 17.3 Å². The molecule has 0 radical (unpaired) electrons. The van der Waals surface area contributed by atoms with Gasteiger partial charge in [-0.15, -0.1) is 0 Å². The van der Waals surface area contributed by atoms with E-state index in [1.54, 1.807) is 0 Å². The molecule has 2 N–H and O–H groups in total. The summed E-state index contributed by atoms with van der Waals surface area (Å²) in [6.07, 6.45) is 0. The first kappa shape index (κ1) is 13.7. The molecule has 0 bridgehead atoms. The zero-order valence-corrected chi connectivity index (χ0v) is 12.3. The molecule has 0 spiro atoms. The molecule has 2 heteroatoms. The third-order valence-corrected chi connectivity index (χ3v) is 3.99. The fourth-order valence-electron chi connectivity index (χ4n) is 2.65. The quantitative estimate of drug-likeness (QED) is 0.527. The van der Waals surface area contributed by atoms with E-state index < -0.39 is 0 Å². The predicted molar refractivity (Wildman–Crippen MR) is 89.7 cm³/mol. The number of hydrogen-bond acceptors (Lipinski definition) is 1. The van der Waals surface area contributed by atoms with E-state index in [1.807, 2.05) is 54.6 Å². The van der Waals surface area contributed by atoms with Gasteiger partial charge in [0.25, 0.3) is 0 Å². The Morgan fingerprint density at radius 3 is 1.71 bits per heavy atom. The van der Waals surface area contributed by atoms with E-state index in [-0.39, 0.29) is 5.92 Å². The minimum Gasteiger partial charge on any atom is -0.397 e. The number of halogens is 1. The molecule has 0 aliphatic heterocycles. The lowest BCUT2D eigenvalue weighted by Crippen LogP contribution is -2.06. The van der Waals surface area contributed by atoms with Crippen LogP contribution in [0.5, 0.6) is 0 Å². The fraction of sp³-hybridized carbons (Fsp3) is 0.0526. The maximum absolute atomic E-state index is 6.23. The number of anilines is 1. The van der Waals surface area contributed by atoms with Crippen molar-refractivity contribution < 1.29 is 0 Å². The summed E-state index contributed by atoms with van der Waals surface area (Å²) in [5, 5.41) is 0.601. The Hall–Kier alpha value is -2.25. The molecule has 3 rings (SSSR count). The molecule has 3 aromatic rings. The lowest BCUT2D eigenvalue weighted by Gasteiger charge is -2.21. The van der Waals surface area contributed by atoms with Crippen LogP contribution in [0.4, 0.5) is 5.69 Å². The third kappa shape index (κ3) is 2.79. The number of rotatable bonds is 3. The van der Waals surface area contributed by atoms with Crippen molar-refractivity contribution in [1.82, 2.24) is 0 Å². The van der Waals surface area contributed by atoms with Gasteiger partial charge in [0.15, 0.2) is 0 Å². The molecule has 21 heavy (non-hydrogen) atoms. The van der Waals surface area contributed by atoms with E-state index in [1.165, 1.54) is 11.1 Å². The Labute approximate surface area is 130 Å². The molecule has 3 aromatic carbocycles. The van der Waals surface area contributed by atoms with E-state index in [9.17, 15) is 0 Å². The predicted octanol–water partition coefficient (Wildman–Crippen LogP) is 5.10. The summed E-state index contributed by atoms with van der Waals surface area (Å²) in [4.78, 5) is 0. The molecule has 1 nitrogen and oxygen atoms in total. The van der Waals surface area contributed by atoms with Gasteiger partial charge in [-0.25, -0.2) is 0 Å². The zero-order valence-electron chi connectivity index (χ0n) is 11.5. The monoisotopic (exact) mass is 293 g/mol. The third-order valence-electron chi connectivity index (χ3n) is 3.66. The Morgan fingerprint density at radius 2 is 1.19 bits per heavy atom. The van der Waals surface area contributed by atoms with Crippen LogP contribution in [-0.2, 0) is 0 Å². The van der Waals surface area contributed by atoms with Crippen molar-refractivity contribution in [3.05, 3.63) is 101 Å². The van der Waals surface area contributed by atoms with Crippen LogP contribution in [0.2, 0.25) is 5.02 Å². The first-order valence-corrected chi connectivity index (χ1v) is 7.29. The van der Waals surface area contributed by atoms with Gasteiger partial charge in [0.2, 0.25) is 0 Å². The maximum atomic E-state index is 6.23. The molecule has 0 amide bonds. The molecule has 0 saturated carbocycles. The standard InChI is InChI=1S/C19H16ClN/c20-17-13-7-12-16(19(17)21)18(14-8-3-1-4-9-14)15-10-5-2-6-11-15/h1-13,18H,21H2. The first-order valence-electron chi connectivity index (χ1n) is 6.91.